The maximum absolute atomic E-state index is 6.63. The molecule has 56 heavy (non-hydrogen) atoms. The molecule has 0 bridgehead atoms. The van der Waals surface area contributed by atoms with Crippen LogP contribution in [0.3, 0.4) is 0 Å². The second-order valence-electron chi connectivity index (χ2n) is 14.0. The van der Waals surface area contributed by atoms with Gasteiger partial charge in [0.25, 0.3) is 0 Å². The highest BCUT2D eigenvalue weighted by atomic mass is 16.3. The minimum absolute atomic E-state index is 0.591. The molecule has 0 saturated heterocycles. The Bertz CT molecular complexity index is 3180. The molecular formula is C51H31N3O2. The normalized spacial score (nSPS) is 11.6. The molecule has 262 valence electrons. The molecule has 5 heteroatoms. The summed E-state index contributed by atoms with van der Waals surface area (Å²) in [6.45, 7) is 0. The summed E-state index contributed by atoms with van der Waals surface area (Å²) in [5.74, 6) is 1.83. The van der Waals surface area contributed by atoms with Gasteiger partial charge >= 0.3 is 0 Å². The molecule has 0 aliphatic carbocycles. The van der Waals surface area contributed by atoms with Crippen molar-refractivity contribution in [3.8, 4) is 67.5 Å². The SMILES string of the molecule is c1ccc(-c2cccc(-c3cc(-c4ccc5c(c4)oc4cccc(-c6nc(-c7ccccc7)nc(-c7ccccc7)n6)c45)cc4oc5ccccc5c34)c2)cc1. The molecule has 0 unspecified atom stereocenters. The van der Waals surface area contributed by atoms with Crippen molar-refractivity contribution in [2.45, 2.75) is 0 Å². The molecule has 0 spiro atoms. The summed E-state index contributed by atoms with van der Waals surface area (Å²) >= 11 is 0. The van der Waals surface area contributed by atoms with Crippen molar-refractivity contribution in [3.63, 3.8) is 0 Å². The fourth-order valence-corrected chi connectivity index (χ4v) is 7.87. The van der Waals surface area contributed by atoms with Crippen molar-refractivity contribution in [1.29, 1.82) is 0 Å². The summed E-state index contributed by atoms with van der Waals surface area (Å²) in [5.41, 5.74) is 12.6. The highest BCUT2D eigenvalue weighted by molar-refractivity contribution is 6.15. The maximum Gasteiger partial charge on any atom is 0.164 e. The molecule has 0 fully saturated rings. The van der Waals surface area contributed by atoms with E-state index < -0.39 is 0 Å². The Morgan fingerprint density at radius 2 is 0.786 bits per heavy atom. The van der Waals surface area contributed by atoms with Crippen LogP contribution in [0.5, 0.6) is 0 Å². The molecule has 0 saturated carbocycles. The Kier molecular flexibility index (Phi) is 7.42. The zero-order valence-corrected chi connectivity index (χ0v) is 30.1. The first-order valence-electron chi connectivity index (χ1n) is 18.7. The second kappa shape index (κ2) is 13.0. The van der Waals surface area contributed by atoms with Gasteiger partial charge in [0.05, 0.1) is 0 Å². The molecule has 11 aromatic rings. The van der Waals surface area contributed by atoms with Gasteiger partial charge in [-0.1, -0.05) is 146 Å². The molecule has 0 amide bonds. The Balaban J connectivity index is 1.08. The molecule has 3 heterocycles. The van der Waals surface area contributed by atoms with E-state index in [1.807, 2.05) is 91.0 Å². The molecule has 5 nitrogen and oxygen atoms in total. The summed E-state index contributed by atoms with van der Waals surface area (Å²) < 4.78 is 13.2. The number of furan rings is 2. The molecule has 8 aromatic carbocycles. The first-order valence-corrected chi connectivity index (χ1v) is 18.7. The van der Waals surface area contributed by atoms with Crippen molar-refractivity contribution >= 4 is 43.9 Å². The topological polar surface area (TPSA) is 65.0 Å². The van der Waals surface area contributed by atoms with Gasteiger partial charge in [-0.05, 0) is 75.8 Å². The highest BCUT2D eigenvalue weighted by Gasteiger charge is 2.20. The van der Waals surface area contributed by atoms with Crippen LogP contribution in [0, 0.1) is 0 Å². The summed E-state index contributed by atoms with van der Waals surface area (Å²) in [6.07, 6.45) is 0. The smallest absolute Gasteiger partial charge is 0.164 e. The lowest BCUT2D eigenvalue weighted by atomic mass is 9.92. The van der Waals surface area contributed by atoms with Gasteiger partial charge in [0.15, 0.2) is 17.5 Å². The molecular weight excluding hydrogens is 687 g/mol. The Morgan fingerprint density at radius 1 is 0.268 bits per heavy atom. The largest absolute Gasteiger partial charge is 0.456 e. The molecule has 0 aliphatic heterocycles. The zero-order valence-electron chi connectivity index (χ0n) is 30.1. The summed E-state index contributed by atoms with van der Waals surface area (Å²) in [7, 11) is 0. The van der Waals surface area contributed by atoms with Gasteiger partial charge in [0.1, 0.15) is 22.3 Å². The van der Waals surface area contributed by atoms with Crippen LogP contribution >= 0.6 is 0 Å². The second-order valence-corrected chi connectivity index (χ2v) is 14.0. The fraction of sp³-hybridized carbons (Fsp3) is 0. The lowest BCUT2D eigenvalue weighted by Gasteiger charge is -2.11. The van der Waals surface area contributed by atoms with Crippen molar-refractivity contribution < 1.29 is 8.83 Å². The average Bonchev–Trinajstić information content (AvgIpc) is 3.85. The van der Waals surface area contributed by atoms with Crippen molar-refractivity contribution in [1.82, 2.24) is 15.0 Å². The monoisotopic (exact) mass is 717 g/mol. The van der Waals surface area contributed by atoms with Gasteiger partial charge in [-0.3, -0.25) is 0 Å². The highest BCUT2D eigenvalue weighted by Crippen LogP contribution is 2.43. The standard InChI is InChI=1S/C51H31N3O2/c1-4-14-32(15-5-1)35-20-12-21-37(28-35)42-29-38(31-46-48(42)39-22-10-11-24-43(39)55-46)36-26-27-40-45(30-36)56-44-25-13-23-41(47(40)44)51-53-49(33-16-6-2-7-17-33)52-50(54-51)34-18-8-3-9-19-34/h1-31H. The van der Waals surface area contributed by atoms with E-state index in [1.165, 1.54) is 11.1 Å². The Morgan fingerprint density at radius 3 is 1.54 bits per heavy atom. The number of hydrogen-bond acceptors (Lipinski definition) is 5. The van der Waals surface area contributed by atoms with E-state index in [0.29, 0.717) is 17.5 Å². The number of hydrogen-bond donors (Lipinski definition) is 0. The van der Waals surface area contributed by atoms with Crippen LogP contribution in [-0.4, -0.2) is 15.0 Å². The van der Waals surface area contributed by atoms with Crippen LogP contribution in [-0.2, 0) is 0 Å². The van der Waals surface area contributed by atoms with Crippen molar-refractivity contribution in [3.05, 3.63) is 188 Å². The van der Waals surface area contributed by atoms with Gasteiger partial charge in [0.2, 0.25) is 0 Å². The van der Waals surface area contributed by atoms with E-state index in [9.17, 15) is 0 Å². The van der Waals surface area contributed by atoms with Crippen molar-refractivity contribution in [2.75, 3.05) is 0 Å². The predicted molar refractivity (Wildman–Crippen MR) is 227 cm³/mol. The summed E-state index contributed by atoms with van der Waals surface area (Å²) in [4.78, 5) is 15.0. The first-order chi connectivity index (χ1) is 27.7. The average molecular weight is 718 g/mol. The minimum Gasteiger partial charge on any atom is -0.456 e. The van der Waals surface area contributed by atoms with Crippen LogP contribution in [0.15, 0.2) is 197 Å². The van der Waals surface area contributed by atoms with Gasteiger partial charge in [-0.2, -0.15) is 0 Å². The zero-order chi connectivity index (χ0) is 37.0. The lowest BCUT2D eigenvalue weighted by molar-refractivity contribution is 0.668. The van der Waals surface area contributed by atoms with Crippen LogP contribution in [0.25, 0.3) is 111 Å². The lowest BCUT2D eigenvalue weighted by Crippen LogP contribution is -2.00. The van der Waals surface area contributed by atoms with E-state index in [-0.39, 0.29) is 0 Å². The van der Waals surface area contributed by atoms with E-state index in [2.05, 4.69) is 97.1 Å². The molecule has 3 aromatic heterocycles. The third-order valence-corrected chi connectivity index (χ3v) is 10.5. The summed E-state index contributed by atoms with van der Waals surface area (Å²) in [6, 6.07) is 64.6. The molecule has 0 atom stereocenters. The third-order valence-electron chi connectivity index (χ3n) is 10.5. The number of aromatic nitrogens is 3. The van der Waals surface area contributed by atoms with Crippen LogP contribution < -0.4 is 0 Å². The fourth-order valence-electron chi connectivity index (χ4n) is 7.87. The number of rotatable bonds is 6. The van der Waals surface area contributed by atoms with E-state index in [1.54, 1.807) is 0 Å². The third kappa shape index (κ3) is 5.45. The van der Waals surface area contributed by atoms with Gasteiger partial charge in [0, 0.05) is 38.2 Å². The van der Waals surface area contributed by atoms with Gasteiger partial charge in [-0.15, -0.1) is 0 Å². The Labute approximate surface area is 322 Å². The van der Waals surface area contributed by atoms with Crippen molar-refractivity contribution in [2.24, 2.45) is 0 Å². The maximum atomic E-state index is 6.63. The number of para-hydroxylation sites is 1. The van der Waals surface area contributed by atoms with Gasteiger partial charge in [-0.25, -0.2) is 15.0 Å². The minimum atomic E-state index is 0.591. The number of fused-ring (bicyclic) bond motifs is 6. The molecule has 11 rings (SSSR count). The van der Waals surface area contributed by atoms with Gasteiger partial charge < -0.3 is 8.83 Å². The van der Waals surface area contributed by atoms with E-state index >= 15 is 0 Å². The molecule has 0 radical (unpaired) electrons. The quantitative estimate of drug-likeness (QED) is 0.171. The number of nitrogens with zero attached hydrogens (tertiary/aromatic N) is 3. The van der Waals surface area contributed by atoms with Crippen LogP contribution in [0.1, 0.15) is 0 Å². The van der Waals surface area contributed by atoms with E-state index in [0.717, 1.165) is 82.8 Å². The summed E-state index contributed by atoms with van der Waals surface area (Å²) in [5, 5.41) is 4.15. The number of benzene rings is 8. The molecule has 0 N–H and O–H groups in total. The Hall–Kier alpha value is -7.63. The van der Waals surface area contributed by atoms with Crippen LogP contribution in [0.4, 0.5) is 0 Å². The first kappa shape index (κ1) is 31.9. The predicted octanol–water partition coefficient (Wildman–Crippen LogP) is 13.7. The molecule has 0 aliphatic rings. The van der Waals surface area contributed by atoms with Crippen LogP contribution in [0.2, 0.25) is 0 Å². The van der Waals surface area contributed by atoms with E-state index in [4.69, 9.17) is 23.8 Å².